The molecule has 0 N–H and O–H groups in total. The first-order valence-corrected chi connectivity index (χ1v) is 2.34. The third-order valence-electron chi connectivity index (χ3n) is 0.744. The van der Waals surface area contributed by atoms with Crippen molar-refractivity contribution < 1.29 is 19.1 Å². The van der Waals surface area contributed by atoms with E-state index in [-0.39, 0.29) is 33.7 Å². The predicted molar refractivity (Wildman–Crippen MR) is 34.4 cm³/mol. The minimum absolute atomic E-state index is 0. The molecule has 0 aliphatic carbocycles. The number of methoxy groups -OCH3 is 2. The summed E-state index contributed by atoms with van der Waals surface area (Å²) in [6.45, 7) is 0. The molecule has 0 atom stereocenters. The van der Waals surface area contributed by atoms with E-state index in [9.17, 15) is 9.59 Å². The molecule has 0 fully saturated rings. The van der Waals surface area contributed by atoms with Crippen molar-refractivity contribution in [3.05, 3.63) is 0 Å². The Labute approximate surface area is 79.0 Å². The molecule has 0 bridgehead atoms. The molecule has 0 aliphatic heterocycles. The van der Waals surface area contributed by atoms with E-state index in [4.69, 9.17) is 0 Å². The van der Waals surface area contributed by atoms with E-state index in [0.29, 0.717) is 0 Å². The molecule has 10 heavy (non-hydrogen) atoms. The summed E-state index contributed by atoms with van der Waals surface area (Å²) in [5.41, 5.74) is 0. The molecular weight excluding hydrogens is 328 g/mol. The summed E-state index contributed by atoms with van der Waals surface area (Å²) < 4.78 is 8.37. The van der Waals surface area contributed by atoms with E-state index in [0.717, 1.165) is 0 Å². The molecule has 5 heteroatoms. The van der Waals surface area contributed by atoms with E-state index in [1.165, 1.54) is 14.2 Å². The fourth-order valence-electron chi connectivity index (χ4n) is 0.262. The zero-order valence-corrected chi connectivity index (χ0v) is 10.4. The smallest absolute Gasteiger partial charge is 0.469 e. The van der Waals surface area contributed by atoms with Gasteiger partial charge in [0.25, 0.3) is 0 Å². The van der Waals surface area contributed by atoms with Gasteiger partial charge < -0.3 is 9.47 Å². The Morgan fingerprint density at radius 1 is 1.10 bits per heavy atom. The number of rotatable bonds is 2. The quantitative estimate of drug-likeness (QED) is 0.382. The number of ether oxygens (including phenoxy) is 2. The zero-order valence-electron chi connectivity index (χ0n) is 5.92. The van der Waals surface area contributed by atoms with Crippen molar-refractivity contribution in [3.63, 3.8) is 0 Å². The van der Waals surface area contributed by atoms with E-state index in [1.807, 2.05) is 0 Å². The third-order valence-corrected chi connectivity index (χ3v) is 0.744. The Balaban J connectivity index is 0. The number of carbonyl (C=O) groups excluding carboxylic acids is 2. The van der Waals surface area contributed by atoms with Crippen LogP contribution in [0.15, 0.2) is 0 Å². The fourth-order valence-corrected chi connectivity index (χ4v) is 0.262. The van der Waals surface area contributed by atoms with Gasteiger partial charge in [0.1, 0.15) is 6.42 Å². The van der Waals surface area contributed by atoms with Gasteiger partial charge in [-0.05, 0) is 0 Å². The monoisotopic (exact) mass is 337 g/mol. The van der Waals surface area contributed by atoms with Gasteiger partial charge in [0.2, 0.25) is 0 Å². The Hall–Kier alpha value is -0.138. The number of hydrogen-bond donors (Lipinski definition) is 0. The summed E-state index contributed by atoms with van der Waals surface area (Å²) in [7, 11) is 2.43. The molecule has 0 aromatic rings. The van der Waals surface area contributed by atoms with Crippen LogP contribution in [0.5, 0.6) is 0 Å². The van der Waals surface area contributed by atoms with Gasteiger partial charge in [0, 0.05) is 0 Å². The van der Waals surface area contributed by atoms with Gasteiger partial charge in [-0.3, -0.25) is 9.59 Å². The second-order valence-corrected chi connectivity index (χ2v) is 1.33. The first-order chi connectivity index (χ1) is 4.20. The number of esters is 2. The van der Waals surface area contributed by atoms with Crippen molar-refractivity contribution in [2.75, 3.05) is 14.2 Å². The average Bonchev–Trinajstić information content (AvgIpc) is 1.87. The first-order valence-electron chi connectivity index (χ1n) is 2.34. The summed E-state index contributed by atoms with van der Waals surface area (Å²) >= 11 is 0. The van der Waals surface area contributed by atoms with Gasteiger partial charge in [0.05, 0.1) is 14.2 Å². The van der Waals surface area contributed by atoms with E-state index >= 15 is 0 Å². The molecule has 0 saturated heterocycles. The molecule has 0 aliphatic rings. The molecule has 0 unspecified atom stereocenters. The number of carbonyl (C=O) groups is 2. The molecule has 0 amide bonds. The molecule has 54 valence electrons. The maximum Gasteiger partial charge on any atom is 1.00 e. The van der Waals surface area contributed by atoms with Crippen LogP contribution in [-0.2, 0) is 19.1 Å². The van der Waals surface area contributed by atoms with Crippen LogP contribution in [0.4, 0.5) is 0 Å². The van der Waals surface area contributed by atoms with Gasteiger partial charge in [-0.25, -0.2) is 0 Å². The second kappa shape index (κ2) is 6.97. The van der Waals surface area contributed by atoms with Gasteiger partial charge in [-0.2, -0.15) is 0 Å². The van der Waals surface area contributed by atoms with Gasteiger partial charge in [-0.15, -0.1) is 0 Å². The molecule has 4 nitrogen and oxygen atoms in total. The van der Waals surface area contributed by atoms with Crippen LogP contribution < -0.4 is 0 Å². The molecular formula is C5H8O4Tl+. The number of hydrogen-bond acceptors (Lipinski definition) is 4. The zero-order chi connectivity index (χ0) is 7.28. The molecule has 0 spiro atoms. The van der Waals surface area contributed by atoms with E-state index in [1.54, 1.807) is 0 Å². The van der Waals surface area contributed by atoms with Crippen LogP contribution in [0.25, 0.3) is 0 Å². The maximum absolute atomic E-state index is 10.3. The summed E-state index contributed by atoms with van der Waals surface area (Å²) in [5.74, 6) is -1.16. The minimum Gasteiger partial charge on any atom is -0.469 e. The minimum atomic E-state index is -0.582. The summed E-state index contributed by atoms with van der Waals surface area (Å²) in [6.07, 6.45) is -0.312. The molecule has 0 saturated carbocycles. The van der Waals surface area contributed by atoms with Crippen molar-refractivity contribution in [1.82, 2.24) is 0 Å². The fraction of sp³-hybridized carbons (Fsp3) is 0.600. The summed E-state index contributed by atoms with van der Waals surface area (Å²) in [4.78, 5) is 20.5. The van der Waals surface area contributed by atoms with E-state index < -0.39 is 11.9 Å². The predicted octanol–water partition coefficient (Wildman–Crippen LogP) is -0.658. The molecule has 0 aromatic heterocycles. The van der Waals surface area contributed by atoms with Crippen LogP contribution >= 0.6 is 0 Å². The summed E-state index contributed by atoms with van der Waals surface area (Å²) in [6, 6.07) is 0. The molecule has 0 radical (unpaired) electrons. The van der Waals surface area contributed by atoms with Crippen LogP contribution in [-0.4, -0.2) is 53.5 Å². The van der Waals surface area contributed by atoms with Crippen molar-refractivity contribution in [1.29, 1.82) is 0 Å². The van der Waals surface area contributed by atoms with Crippen LogP contribution in [0, 0.1) is 0 Å². The van der Waals surface area contributed by atoms with Crippen LogP contribution in [0.3, 0.4) is 0 Å². The molecule has 0 heterocycles. The Bertz CT molecular complexity index is 109. The van der Waals surface area contributed by atoms with Gasteiger partial charge >= 0.3 is 39.2 Å². The Kier molecular flexibility index (Phi) is 8.74. The third kappa shape index (κ3) is 5.99. The normalized spacial score (nSPS) is 7.40. The van der Waals surface area contributed by atoms with Crippen LogP contribution in [0.1, 0.15) is 6.42 Å². The Morgan fingerprint density at radius 3 is 1.60 bits per heavy atom. The Morgan fingerprint density at radius 2 is 1.40 bits per heavy atom. The second-order valence-electron chi connectivity index (χ2n) is 1.33. The summed E-state index contributed by atoms with van der Waals surface area (Å²) in [5, 5.41) is 0. The maximum atomic E-state index is 10.3. The SMILES string of the molecule is COC(=O)CC(=O)OC.[Tl+]. The van der Waals surface area contributed by atoms with Gasteiger partial charge in [-0.1, -0.05) is 0 Å². The topological polar surface area (TPSA) is 52.6 Å². The standard InChI is InChI=1S/C5H8O4.Tl/c1-8-4(6)3-5(7)9-2;/h3H2,1-2H3;/q;+1. The average molecular weight is 336 g/mol. The molecule has 0 rings (SSSR count). The van der Waals surface area contributed by atoms with Gasteiger partial charge in [0.15, 0.2) is 0 Å². The first kappa shape index (κ1) is 12.5. The van der Waals surface area contributed by atoms with Crippen molar-refractivity contribution in [3.8, 4) is 0 Å². The van der Waals surface area contributed by atoms with Crippen LogP contribution in [0.2, 0.25) is 0 Å². The van der Waals surface area contributed by atoms with Crippen molar-refractivity contribution >= 4 is 39.2 Å². The van der Waals surface area contributed by atoms with Crippen molar-refractivity contribution in [2.45, 2.75) is 6.42 Å². The van der Waals surface area contributed by atoms with Crippen molar-refractivity contribution in [2.24, 2.45) is 0 Å². The molecule has 0 aromatic carbocycles. The largest absolute Gasteiger partial charge is 1.00 e. The van der Waals surface area contributed by atoms with E-state index in [2.05, 4.69) is 9.47 Å².